The molecule has 0 bridgehead atoms. The molecule has 0 aliphatic rings. The van der Waals surface area contributed by atoms with E-state index in [1.807, 2.05) is 6.08 Å². The number of hydrogen-bond acceptors (Lipinski definition) is 1. The summed E-state index contributed by atoms with van der Waals surface area (Å²) in [7, 11) is 0. The summed E-state index contributed by atoms with van der Waals surface area (Å²) in [6, 6.07) is 0. The number of unbranched alkanes of at least 4 members (excludes halogenated alkanes) is 3. The third kappa shape index (κ3) is 7.55. The molecule has 0 spiro atoms. The highest BCUT2D eigenvalue weighted by atomic mass is 16.3. The first-order valence-corrected chi connectivity index (χ1v) is 4.76. The van der Waals surface area contributed by atoms with Crippen molar-refractivity contribution in [3.8, 4) is 0 Å². The van der Waals surface area contributed by atoms with Gasteiger partial charge in [-0.3, -0.25) is 0 Å². The lowest BCUT2D eigenvalue weighted by atomic mass is 10.1. The minimum Gasteiger partial charge on any atom is -0.389 e. The summed E-state index contributed by atoms with van der Waals surface area (Å²) in [6.07, 6.45) is 10.8. The zero-order chi connectivity index (χ0) is 9.23. The van der Waals surface area contributed by atoms with Crippen LogP contribution in [0, 0.1) is 0 Å². The molecule has 1 unspecified atom stereocenters. The van der Waals surface area contributed by atoms with Gasteiger partial charge in [0.05, 0.1) is 6.10 Å². The van der Waals surface area contributed by atoms with Crippen molar-refractivity contribution in [2.75, 3.05) is 0 Å². The van der Waals surface area contributed by atoms with Crippen molar-refractivity contribution in [1.29, 1.82) is 0 Å². The summed E-state index contributed by atoms with van der Waals surface area (Å²) in [4.78, 5) is 0. The Kier molecular flexibility index (Phi) is 8.14. The largest absolute Gasteiger partial charge is 0.389 e. The van der Waals surface area contributed by atoms with E-state index >= 15 is 0 Å². The van der Waals surface area contributed by atoms with E-state index in [0.717, 1.165) is 6.42 Å². The Labute approximate surface area is 75.8 Å². The topological polar surface area (TPSA) is 20.2 Å². The molecule has 70 valence electrons. The average Bonchev–Trinajstić information content (AvgIpc) is 2.05. The molecule has 0 saturated carbocycles. The van der Waals surface area contributed by atoms with Gasteiger partial charge < -0.3 is 5.11 Å². The van der Waals surface area contributed by atoms with E-state index in [0.29, 0.717) is 6.42 Å². The molecule has 0 rings (SSSR count). The van der Waals surface area contributed by atoms with Gasteiger partial charge in [0.1, 0.15) is 0 Å². The molecule has 0 fully saturated rings. The highest BCUT2D eigenvalue weighted by Crippen LogP contribution is 2.01. The van der Waals surface area contributed by atoms with E-state index < -0.39 is 0 Å². The van der Waals surface area contributed by atoms with Crippen molar-refractivity contribution in [3.63, 3.8) is 0 Å². The van der Waals surface area contributed by atoms with Crippen molar-refractivity contribution in [3.05, 3.63) is 24.8 Å². The van der Waals surface area contributed by atoms with E-state index in [4.69, 9.17) is 0 Å². The summed E-state index contributed by atoms with van der Waals surface area (Å²) in [5.74, 6) is 0. The maximum atomic E-state index is 9.25. The SMILES string of the molecule is C=CCC(O)/C=C/CCCCC. The molecule has 1 N–H and O–H groups in total. The molecule has 1 atom stereocenters. The summed E-state index contributed by atoms with van der Waals surface area (Å²) in [5.41, 5.74) is 0. The van der Waals surface area contributed by atoms with Gasteiger partial charge in [-0.1, -0.05) is 38.0 Å². The van der Waals surface area contributed by atoms with E-state index in [1.165, 1.54) is 19.3 Å². The minimum absolute atomic E-state index is 0.330. The van der Waals surface area contributed by atoms with Gasteiger partial charge in [-0.25, -0.2) is 0 Å². The highest BCUT2D eigenvalue weighted by Gasteiger charge is 1.92. The predicted molar refractivity (Wildman–Crippen MR) is 54.1 cm³/mol. The molecule has 0 heterocycles. The van der Waals surface area contributed by atoms with Gasteiger partial charge in [-0.15, -0.1) is 6.58 Å². The lowest BCUT2D eigenvalue weighted by Gasteiger charge is -1.99. The Morgan fingerprint density at radius 2 is 2.17 bits per heavy atom. The summed E-state index contributed by atoms with van der Waals surface area (Å²) < 4.78 is 0. The van der Waals surface area contributed by atoms with Crippen LogP contribution in [0.2, 0.25) is 0 Å². The molecular weight excluding hydrogens is 148 g/mol. The van der Waals surface area contributed by atoms with Crippen LogP contribution in [0.5, 0.6) is 0 Å². The number of allylic oxidation sites excluding steroid dienone is 1. The third-order valence-corrected chi connectivity index (χ3v) is 1.74. The molecular formula is C11H20O. The molecule has 0 radical (unpaired) electrons. The van der Waals surface area contributed by atoms with Gasteiger partial charge in [0, 0.05) is 0 Å². The molecule has 1 nitrogen and oxygen atoms in total. The van der Waals surface area contributed by atoms with Gasteiger partial charge in [0.15, 0.2) is 0 Å². The van der Waals surface area contributed by atoms with E-state index in [-0.39, 0.29) is 6.10 Å². The fourth-order valence-electron chi connectivity index (χ4n) is 1.01. The van der Waals surface area contributed by atoms with E-state index in [9.17, 15) is 5.11 Å². The van der Waals surface area contributed by atoms with Crippen molar-refractivity contribution >= 4 is 0 Å². The van der Waals surface area contributed by atoms with Crippen LogP contribution in [0.15, 0.2) is 24.8 Å². The van der Waals surface area contributed by atoms with E-state index in [1.54, 1.807) is 6.08 Å². The van der Waals surface area contributed by atoms with Gasteiger partial charge >= 0.3 is 0 Å². The second-order valence-electron chi connectivity index (χ2n) is 3.02. The standard InChI is InChI=1S/C11H20O/c1-3-5-6-7-8-10-11(12)9-4-2/h4,8,10-12H,2-3,5-7,9H2,1H3/b10-8+. The number of aliphatic hydroxyl groups is 1. The predicted octanol–water partition coefficient (Wildman–Crippen LogP) is 3.06. The van der Waals surface area contributed by atoms with Crippen LogP contribution in [0.3, 0.4) is 0 Å². The first-order valence-electron chi connectivity index (χ1n) is 4.76. The first kappa shape index (κ1) is 11.4. The number of aliphatic hydroxyl groups excluding tert-OH is 1. The smallest absolute Gasteiger partial charge is 0.0755 e. The highest BCUT2D eigenvalue weighted by molar-refractivity contribution is 4.91. The number of hydrogen-bond donors (Lipinski definition) is 1. The molecule has 0 aliphatic heterocycles. The molecule has 0 amide bonds. The zero-order valence-corrected chi connectivity index (χ0v) is 8.00. The maximum Gasteiger partial charge on any atom is 0.0755 e. The summed E-state index contributed by atoms with van der Waals surface area (Å²) in [6.45, 7) is 5.76. The Bertz CT molecular complexity index is 127. The second-order valence-corrected chi connectivity index (χ2v) is 3.02. The van der Waals surface area contributed by atoms with Crippen LogP contribution in [-0.2, 0) is 0 Å². The van der Waals surface area contributed by atoms with Crippen LogP contribution in [0.4, 0.5) is 0 Å². The Hall–Kier alpha value is -0.560. The quantitative estimate of drug-likeness (QED) is 0.457. The Morgan fingerprint density at radius 3 is 2.75 bits per heavy atom. The normalized spacial score (nSPS) is 13.5. The molecule has 0 aromatic heterocycles. The third-order valence-electron chi connectivity index (χ3n) is 1.74. The van der Waals surface area contributed by atoms with Crippen molar-refractivity contribution in [1.82, 2.24) is 0 Å². The lowest BCUT2D eigenvalue weighted by molar-refractivity contribution is 0.226. The van der Waals surface area contributed by atoms with Gasteiger partial charge in [0.25, 0.3) is 0 Å². The monoisotopic (exact) mass is 168 g/mol. The maximum absolute atomic E-state index is 9.25. The second kappa shape index (κ2) is 8.54. The van der Waals surface area contributed by atoms with Crippen LogP contribution in [0.25, 0.3) is 0 Å². The van der Waals surface area contributed by atoms with E-state index in [2.05, 4.69) is 19.6 Å². The average molecular weight is 168 g/mol. The first-order chi connectivity index (χ1) is 5.81. The molecule has 0 aromatic carbocycles. The van der Waals surface area contributed by atoms with Crippen molar-refractivity contribution < 1.29 is 5.11 Å². The molecule has 0 aliphatic carbocycles. The molecule has 1 heteroatoms. The van der Waals surface area contributed by atoms with Crippen LogP contribution >= 0.6 is 0 Å². The zero-order valence-electron chi connectivity index (χ0n) is 8.00. The van der Waals surface area contributed by atoms with Crippen LogP contribution in [0.1, 0.15) is 39.0 Å². The molecule has 12 heavy (non-hydrogen) atoms. The fourth-order valence-corrected chi connectivity index (χ4v) is 1.01. The van der Waals surface area contributed by atoms with Crippen LogP contribution < -0.4 is 0 Å². The Balaban J connectivity index is 3.28. The Morgan fingerprint density at radius 1 is 1.42 bits per heavy atom. The number of rotatable bonds is 7. The molecule has 0 saturated heterocycles. The minimum atomic E-state index is -0.330. The van der Waals surface area contributed by atoms with Gasteiger partial charge in [0.2, 0.25) is 0 Å². The fraction of sp³-hybridized carbons (Fsp3) is 0.636. The van der Waals surface area contributed by atoms with Gasteiger partial charge in [-0.05, 0) is 19.3 Å². The van der Waals surface area contributed by atoms with Crippen molar-refractivity contribution in [2.24, 2.45) is 0 Å². The van der Waals surface area contributed by atoms with Gasteiger partial charge in [-0.2, -0.15) is 0 Å². The lowest BCUT2D eigenvalue weighted by Crippen LogP contribution is -1.98. The molecule has 0 aromatic rings. The van der Waals surface area contributed by atoms with Crippen LogP contribution in [-0.4, -0.2) is 11.2 Å². The summed E-state index contributed by atoms with van der Waals surface area (Å²) >= 11 is 0. The van der Waals surface area contributed by atoms with Crippen molar-refractivity contribution in [2.45, 2.75) is 45.1 Å². The summed E-state index contributed by atoms with van der Waals surface area (Å²) in [5, 5.41) is 9.25.